The van der Waals surface area contributed by atoms with Gasteiger partial charge in [-0.15, -0.1) is 0 Å². The van der Waals surface area contributed by atoms with Gasteiger partial charge in [0.15, 0.2) is 11.5 Å². The first-order chi connectivity index (χ1) is 13.7. The third-order valence-corrected chi connectivity index (χ3v) is 5.82. The van der Waals surface area contributed by atoms with Gasteiger partial charge in [0, 0.05) is 0 Å². The Kier molecular flexibility index (Phi) is 7.90. The van der Waals surface area contributed by atoms with Crippen LogP contribution in [-0.4, -0.2) is 25.0 Å². The molecule has 154 valence electrons. The molecule has 0 unspecified atom stereocenters. The molecule has 0 aromatic heterocycles. The molecule has 0 amide bonds. The lowest BCUT2D eigenvalue weighted by Crippen LogP contribution is -2.21. The standard InChI is InChI=1S/C23H33NO4/c1-2-14-24-15-13-17-11-12-20(27-22(25)18-7-3-4-8-18)21(16-17)28-23(26)19-9-5-6-10-19/h11-12,16,18-19,24H,2-10,13-15H2,1H3. The Bertz CT molecular complexity index is 661. The van der Waals surface area contributed by atoms with Crippen LogP contribution >= 0.6 is 0 Å². The predicted octanol–water partition coefficient (Wildman–Crippen LogP) is 4.42. The topological polar surface area (TPSA) is 64.6 Å². The lowest BCUT2D eigenvalue weighted by Gasteiger charge is -2.16. The molecular formula is C23H33NO4. The van der Waals surface area contributed by atoms with Crippen molar-refractivity contribution >= 4 is 11.9 Å². The number of rotatable bonds is 9. The van der Waals surface area contributed by atoms with Gasteiger partial charge >= 0.3 is 11.9 Å². The van der Waals surface area contributed by atoms with Crippen LogP contribution in [0.2, 0.25) is 0 Å². The van der Waals surface area contributed by atoms with Gasteiger partial charge in [-0.05, 0) is 69.3 Å². The molecule has 28 heavy (non-hydrogen) atoms. The minimum absolute atomic E-state index is 0.0312. The molecule has 5 nitrogen and oxygen atoms in total. The van der Waals surface area contributed by atoms with E-state index in [1.54, 1.807) is 6.07 Å². The molecule has 5 heteroatoms. The van der Waals surface area contributed by atoms with Crippen LogP contribution < -0.4 is 14.8 Å². The number of hydrogen-bond donors (Lipinski definition) is 1. The lowest BCUT2D eigenvalue weighted by atomic mass is 10.1. The second-order valence-corrected chi connectivity index (χ2v) is 8.09. The molecule has 0 saturated heterocycles. The highest BCUT2D eigenvalue weighted by Crippen LogP contribution is 2.34. The van der Waals surface area contributed by atoms with Crippen molar-refractivity contribution in [3.05, 3.63) is 23.8 Å². The van der Waals surface area contributed by atoms with Gasteiger partial charge < -0.3 is 14.8 Å². The van der Waals surface area contributed by atoms with Crippen LogP contribution in [0, 0.1) is 11.8 Å². The van der Waals surface area contributed by atoms with Crippen LogP contribution in [-0.2, 0) is 16.0 Å². The summed E-state index contributed by atoms with van der Waals surface area (Å²) in [6.45, 7) is 3.99. The van der Waals surface area contributed by atoms with Gasteiger partial charge in [0.2, 0.25) is 0 Å². The molecule has 0 radical (unpaired) electrons. The summed E-state index contributed by atoms with van der Waals surface area (Å²) in [5.41, 5.74) is 1.07. The molecule has 3 rings (SSSR count). The Morgan fingerprint density at radius 3 is 2.04 bits per heavy atom. The fourth-order valence-electron chi connectivity index (χ4n) is 4.11. The molecule has 0 heterocycles. The molecule has 2 fully saturated rings. The summed E-state index contributed by atoms with van der Waals surface area (Å²) >= 11 is 0. The SMILES string of the molecule is CCCNCCc1ccc(OC(=O)C2CCCC2)c(OC(=O)C2CCCC2)c1. The predicted molar refractivity (Wildman–Crippen MR) is 108 cm³/mol. The smallest absolute Gasteiger partial charge is 0.314 e. The molecule has 0 bridgehead atoms. The van der Waals surface area contributed by atoms with Crippen LogP contribution in [0.25, 0.3) is 0 Å². The van der Waals surface area contributed by atoms with Gasteiger partial charge in [-0.25, -0.2) is 0 Å². The summed E-state index contributed by atoms with van der Waals surface area (Å²) in [5, 5.41) is 3.38. The van der Waals surface area contributed by atoms with E-state index in [2.05, 4.69) is 12.2 Å². The number of hydrogen-bond acceptors (Lipinski definition) is 5. The largest absolute Gasteiger partial charge is 0.422 e. The van der Waals surface area contributed by atoms with Gasteiger partial charge in [0.25, 0.3) is 0 Å². The highest BCUT2D eigenvalue weighted by molar-refractivity contribution is 5.79. The van der Waals surface area contributed by atoms with E-state index in [4.69, 9.17) is 9.47 Å². The van der Waals surface area contributed by atoms with Gasteiger partial charge in [-0.3, -0.25) is 9.59 Å². The van der Waals surface area contributed by atoms with Gasteiger partial charge in [-0.2, -0.15) is 0 Å². The quantitative estimate of drug-likeness (QED) is 0.386. The molecule has 0 spiro atoms. The van der Waals surface area contributed by atoms with E-state index >= 15 is 0 Å². The Morgan fingerprint density at radius 1 is 0.893 bits per heavy atom. The minimum Gasteiger partial charge on any atom is -0.422 e. The summed E-state index contributed by atoms with van der Waals surface area (Å²) in [7, 11) is 0. The summed E-state index contributed by atoms with van der Waals surface area (Å²) in [6, 6.07) is 5.59. The number of benzene rings is 1. The number of esters is 2. The fourth-order valence-corrected chi connectivity index (χ4v) is 4.11. The molecule has 1 aromatic carbocycles. The number of ether oxygens (including phenoxy) is 2. The van der Waals surface area contributed by atoms with Crippen molar-refractivity contribution in [2.45, 2.75) is 71.1 Å². The molecule has 0 aliphatic heterocycles. The number of carbonyl (C=O) groups is 2. The molecule has 2 aliphatic rings. The van der Waals surface area contributed by atoms with E-state index in [1.165, 1.54) is 0 Å². The van der Waals surface area contributed by atoms with Crippen molar-refractivity contribution in [3.63, 3.8) is 0 Å². The van der Waals surface area contributed by atoms with Crippen LogP contribution in [0.5, 0.6) is 11.5 Å². The van der Waals surface area contributed by atoms with Crippen molar-refractivity contribution in [2.24, 2.45) is 11.8 Å². The first-order valence-corrected chi connectivity index (χ1v) is 10.9. The first kappa shape index (κ1) is 20.8. The summed E-state index contributed by atoms with van der Waals surface area (Å²) in [4.78, 5) is 25.0. The number of carbonyl (C=O) groups excluding carboxylic acids is 2. The Morgan fingerprint density at radius 2 is 1.46 bits per heavy atom. The zero-order valence-corrected chi connectivity index (χ0v) is 17.0. The second kappa shape index (κ2) is 10.6. The van der Waals surface area contributed by atoms with E-state index in [9.17, 15) is 9.59 Å². The Hall–Kier alpha value is -1.88. The second-order valence-electron chi connectivity index (χ2n) is 8.09. The van der Waals surface area contributed by atoms with Crippen molar-refractivity contribution in [2.75, 3.05) is 13.1 Å². The van der Waals surface area contributed by atoms with Crippen LogP contribution in [0.1, 0.15) is 70.3 Å². The van der Waals surface area contributed by atoms with Crippen LogP contribution in [0.15, 0.2) is 18.2 Å². The zero-order chi connectivity index (χ0) is 19.8. The minimum atomic E-state index is -0.201. The van der Waals surface area contributed by atoms with Gasteiger partial charge in [0.1, 0.15) is 0 Å². The van der Waals surface area contributed by atoms with Crippen molar-refractivity contribution < 1.29 is 19.1 Å². The maximum absolute atomic E-state index is 12.5. The summed E-state index contributed by atoms with van der Waals surface area (Å²) in [6.07, 6.45) is 9.78. The maximum atomic E-state index is 12.5. The zero-order valence-electron chi connectivity index (χ0n) is 17.0. The summed E-state index contributed by atoms with van der Waals surface area (Å²) in [5.74, 6) is 0.291. The molecule has 1 N–H and O–H groups in total. The van der Waals surface area contributed by atoms with E-state index in [1.807, 2.05) is 12.1 Å². The average Bonchev–Trinajstić information content (AvgIpc) is 3.40. The maximum Gasteiger partial charge on any atom is 0.314 e. The van der Waals surface area contributed by atoms with Crippen molar-refractivity contribution in [1.82, 2.24) is 5.32 Å². The van der Waals surface area contributed by atoms with E-state index < -0.39 is 0 Å². The number of nitrogens with one attached hydrogen (secondary N) is 1. The third-order valence-electron chi connectivity index (χ3n) is 5.82. The van der Waals surface area contributed by atoms with Crippen LogP contribution in [0.4, 0.5) is 0 Å². The highest BCUT2D eigenvalue weighted by atomic mass is 16.6. The van der Waals surface area contributed by atoms with E-state index in [0.29, 0.717) is 11.5 Å². The summed E-state index contributed by atoms with van der Waals surface area (Å²) < 4.78 is 11.4. The molecular weight excluding hydrogens is 354 g/mol. The normalized spacial score (nSPS) is 17.8. The first-order valence-electron chi connectivity index (χ1n) is 10.9. The van der Waals surface area contributed by atoms with Crippen molar-refractivity contribution in [1.29, 1.82) is 0 Å². The Labute approximate surface area is 168 Å². The van der Waals surface area contributed by atoms with Crippen LogP contribution in [0.3, 0.4) is 0 Å². The molecule has 2 aliphatic carbocycles. The highest BCUT2D eigenvalue weighted by Gasteiger charge is 2.28. The molecule has 0 atom stereocenters. The third kappa shape index (κ3) is 5.81. The van der Waals surface area contributed by atoms with Gasteiger partial charge in [-0.1, -0.05) is 38.7 Å². The van der Waals surface area contributed by atoms with E-state index in [-0.39, 0.29) is 23.8 Å². The lowest BCUT2D eigenvalue weighted by molar-refractivity contribution is -0.141. The van der Waals surface area contributed by atoms with E-state index in [0.717, 1.165) is 82.9 Å². The van der Waals surface area contributed by atoms with Crippen molar-refractivity contribution in [3.8, 4) is 11.5 Å². The fraction of sp³-hybridized carbons (Fsp3) is 0.652. The van der Waals surface area contributed by atoms with Gasteiger partial charge in [0.05, 0.1) is 11.8 Å². The molecule has 2 saturated carbocycles. The molecule has 1 aromatic rings. The average molecular weight is 388 g/mol. The Balaban J connectivity index is 1.70. The monoisotopic (exact) mass is 387 g/mol.